The lowest BCUT2D eigenvalue weighted by Crippen LogP contribution is -2.49. The number of sulfonamides is 1. The third-order valence-electron chi connectivity index (χ3n) is 5.89. The van der Waals surface area contributed by atoms with Crippen molar-refractivity contribution in [2.75, 3.05) is 54.4 Å². The van der Waals surface area contributed by atoms with Crippen molar-refractivity contribution >= 4 is 33.4 Å². The van der Waals surface area contributed by atoms with E-state index < -0.39 is 10.0 Å². The predicted molar refractivity (Wildman–Crippen MR) is 125 cm³/mol. The second kappa shape index (κ2) is 9.03. The molecule has 1 N–H and O–H groups in total. The Hall–Kier alpha value is -2.72. The lowest BCUT2D eigenvalue weighted by atomic mass is 10.2. The van der Waals surface area contributed by atoms with Gasteiger partial charge in [-0.3, -0.25) is 4.79 Å². The predicted octanol–water partition coefficient (Wildman–Crippen LogP) is 2.16. The molecule has 0 unspecified atom stereocenters. The number of carbonyl (C=O) groups is 1. The Kier molecular flexibility index (Phi) is 6.34. The van der Waals surface area contributed by atoms with Crippen molar-refractivity contribution in [1.29, 1.82) is 0 Å². The van der Waals surface area contributed by atoms with Crippen LogP contribution in [0.3, 0.4) is 0 Å². The molecule has 0 bridgehead atoms. The molecule has 0 spiro atoms. The summed E-state index contributed by atoms with van der Waals surface area (Å²) >= 11 is 0. The summed E-state index contributed by atoms with van der Waals surface area (Å²) in [5.74, 6) is 1.43. The van der Waals surface area contributed by atoms with E-state index in [4.69, 9.17) is 4.98 Å². The fourth-order valence-electron chi connectivity index (χ4n) is 4.27. The van der Waals surface area contributed by atoms with Crippen molar-refractivity contribution in [3.05, 3.63) is 35.5 Å². The average Bonchev–Trinajstić information content (AvgIpc) is 3.28. The number of nitrogens with one attached hydrogen (secondary N) is 1. The van der Waals surface area contributed by atoms with Crippen molar-refractivity contribution in [1.82, 2.24) is 14.3 Å². The fourth-order valence-corrected chi connectivity index (χ4v) is 5.90. The van der Waals surface area contributed by atoms with Crippen molar-refractivity contribution < 1.29 is 13.2 Å². The van der Waals surface area contributed by atoms with E-state index in [1.807, 2.05) is 13.0 Å². The third-order valence-corrected chi connectivity index (χ3v) is 7.95. The van der Waals surface area contributed by atoms with E-state index in [1.54, 1.807) is 25.1 Å². The van der Waals surface area contributed by atoms with Crippen LogP contribution in [0, 0.1) is 13.8 Å². The van der Waals surface area contributed by atoms with E-state index in [0.717, 1.165) is 43.4 Å². The molecule has 0 radical (unpaired) electrons. The molecule has 1 aromatic heterocycles. The second-order valence-corrected chi connectivity index (χ2v) is 10.3. The molecule has 1 aromatic carbocycles. The largest absolute Gasteiger partial charge is 0.354 e. The number of aromatic nitrogens is 2. The second-order valence-electron chi connectivity index (χ2n) is 8.41. The third kappa shape index (κ3) is 4.71. The normalized spacial score (nSPS) is 17.6. The lowest BCUT2D eigenvalue weighted by Gasteiger charge is -2.35. The van der Waals surface area contributed by atoms with Crippen molar-refractivity contribution in [2.24, 2.45) is 0 Å². The molecule has 1 amide bonds. The minimum absolute atomic E-state index is 0.191. The zero-order chi connectivity index (χ0) is 22.9. The first-order valence-corrected chi connectivity index (χ1v) is 12.4. The molecule has 2 aromatic rings. The summed E-state index contributed by atoms with van der Waals surface area (Å²) in [7, 11) is -3.62. The van der Waals surface area contributed by atoms with E-state index in [9.17, 15) is 13.2 Å². The topological polar surface area (TPSA) is 98.7 Å². The van der Waals surface area contributed by atoms with Gasteiger partial charge >= 0.3 is 0 Å². The molecule has 10 heteroatoms. The number of carbonyl (C=O) groups excluding carboxylic acids is 1. The van der Waals surface area contributed by atoms with Crippen LogP contribution in [0.5, 0.6) is 0 Å². The number of anilines is 3. The van der Waals surface area contributed by atoms with Crippen molar-refractivity contribution in [3.63, 3.8) is 0 Å². The maximum Gasteiger partial charge on any atom is 0.243 e. The minimum Gasteiger partial charge on any atom is -0.354 e. The standard InChI is InChI=1S/C22H30N6O3S/c1-16-14-19(24-18(3)29)6-7-20(16)32(30,31)28-12-10-26(11-13-28)21-15-17(2)23-22(25-21)27-8-4-5-9-27/h6-7,14-15H,4-5,8-13H2,1-3H3,(H,24,29). The lowest BCUT2D eigenvalue weighted by molar-refractivity contribution is -0.114. The Labute approximate surface area is 189 Å². The fraction of sp³-hybridized carbons (Fsp3) is 0.500. The molecular formula is C22H30N6O3S. The number of rotatable bonds is 5. The van der Waals surface area contributed by atoms with Gasteiger partial charge in [0.1, 0.15) is 5.82 Å². The van der Waals surface area contributed by atoms with Crippen LogP contribution in [0.2, 0.25) is 0 Å². The molecule has 0 atom stereocenters. The van der Waals surface area contributed by atoms with Crippen LogP contribution in [0.15, 0.2) is 29.2 Å². The maximum atomic E-state index is 13.3. The molecule has 172 valence electrons. The number of piperazine rings is 1. The minimum atomic E-state index is -3.62. The molecule has 0 saturated carbocycles. The molecule has 0 aliphatic carbocycles. The first-order valence-electron chi connectivity index (χ1n) is 11.0. The van der Waals surface area contributed by atoms with Gasteiger partial charge in [0.2, 0.25) is 21.9 Å². The summed E-state index contributed by atoms with van der Waals surface area (Å²) in [5.41, 5.74) is 2.12. The summed E-state index contributed by atoms with van der Waals surface area (Å²) in [6.07, 6.45) is 2.32. The molecule has 3 heterocycles. The van der Waals surface area contributed by atoms with Gasteiger partial charge in [0.15, 0.2) is 0 Å². The van der Waals surface area contributed by atoms with E-state index in [0.29, 0.717) is 37.4 Å². The summed E-state index contributed by atoms with van der Waals surface area (Å²) in [6, 6.07) is 6.85. The van der Waals surface area contributed by atoms with Crippen LogP contribution in [0.4, 0.5) is 17.5 Å². The quantitative estimate of drug-likeness (QED) is 0.733. The van der Waals surface area contributed by atoms with Gasteiger partial charge in [0, 0.05) is 63.6 Å². The van der Waals surface area contributed by atoms with Gasteiger partial charge in [-0.25, -0.2) is 13.4 Å². The summed E-state index contributed by atoms with van der Waals surface area (Å²) < 4.78 is 28.0. The highest BCUT2D eigenvalue weighted by atomic mass is 32.2. The molecule has 32 heavy (non-hydrogen) atoms. The van der Waals surface area contributed by atoms with Gasteiger partial charge in [-0.05, 0) is 50.5 Å². The van der Waals surface area contributed by atoms with Crippen LogP contribution in [0.25, 0.3) is 0 Å². The van der Waals surface area contributed by atoms with Crippen LogP contribution in [0.1, 0.15) is 31.0 Å². The summed E-state index contributed by atoms with van der Waals surface area (Å²) in [6.45, 7) is 9.01. The van der Waals surface area contributed by atoms with Gasteiger partial charge in [-0.15, -0.1) is 0 Å². The first kappa shape index (κ1) is 22.5. The van der Waals surface area contributed by atoms with Crippen molar-refractivity contribution in [2.45, 2.75) is 38.5 Å². The summed E-state index contributed by atoms with van der Waals surface area (Å²) in [5, 5.41) is 2.69. The molecule has 4 rings (SSSR count). The van der Waals surface area contributed by atoms with E-state index >= 15 is 0 Å². The smallest absolute Gasteiger partial charge is 0.243 e. The molecule has 2 fully saturated rings. The zero-order valence-electron chi connectivity index (χ0n) is 18.8. The SMILES string of the molecule is CC(=O)Nc1ccc(S(=O)(=O)N2CCN(c3cc(C)nc(N4CCCC4)n3)CC2)c(C)c1. The molecular weight excluding hydrogens is 428 g/mol. The van der Waals surface area contributed by atoms with E-state index in [-0.39, 0.29) is 10.8 Å². The van der Waals surface area contributed by atoms with Gasteiger partial charge in [0.05, 0.1) is 4.90 Å². The highest BCUT2D eigenvalue weighted by molar-refractivity contribution is 7.89. The number of benzene rings is 1. The highest BCUT2D eigenvalue weighted by Gasteiger charge is 2.30. The van der Waals surface area contributed by atoms with Gasteiger partial charge < -0.3 is 15.1 Å². The number of hydrogen-bond acceptors (Lipinski definition) is 7. The number of amides is 1. The Morgan fingerprint density at radius 2 is 1.62 bits per heavy atom. The van der Waals surface area contributed by atoms with Gasteiger partial charge in [-0.2, -0.15) is 9.29 Å². The Balaban J connectivity index is 1.47. The Bertz CT molecular complexity index is 1110. The number of nitrogens with zero attached hydrogens (tertiary/aromatic N) is 5. The average molecular weight is 459 g/mol. The molecule has 2 aliphatic heterocycles. The van der Waals surface area contributed by atoms with Gasteiger partial charge in [0.25, 0.3) is 0 Å². The van der Waals surface area contributed by atoms with E-state index in [1.165, 1.54) is 11.2 Å². The monoisotopic (exact) mass is 458 g/mol. The summed E-state index contributed by atoms with van der Waals surface area (Å²) in [4.78, 5) is 25.2. The molecule has 2 aliphatic rings. The molecule has 2 saturated heterocycles. The van der Waals surface area contributed by atoms with Crippen molar-refractivity contribution in [3.8, 4) is 0 Å². The Morgan fingerprint density at radius 3 is 2.25 bits per heavy atom. The number of aryl methyl sites for hydroxylation is 2. The maximum absolute atomic E-state index is 13.3. The highest BCUT2D eigenvalue weighted by Crippen LogP contribution is 2.26. The molecule has 9 nitrogen and oxygen atoms in total. The van der Waals surface area contributed by atoms with Crippen LogP contribution >= 0.6 is 0 Å². The van der Waals surface area contributed by atoms with Gasteiger partial charge in [-0.1, -0.05) is 0 Å². The van der Waals surface area contributed by atoms with Crippen LogP contribution < -0.4 is 15.1 Å². The van der Waals surface area contributed by atoms with Crippen LogP contribution in [-0.2, 0) is 14.8 Å². The van der Waals surface area contributed by atoms with Crippen LogP contribution in [-0.4, -0.2) is 67.9 Å². The van der Waals surface area contributed by atoms with E-state index in [2.05, 4.69) is 20.1 Å². The first-order chi connectivity index (χ1) is 15.2. The Morgan fingerprint density at radius 1 is 0.938 bits per heavy atom. The number of hydrogen-bond donors (Lipinski definition) is 1. The zero-order valence-corrected chi connectivity index (χ0v) is 19.7.